The molecule has 0 atom stereocenters. The van der Waals surface area contributed by atoms with Gasteiger partial charge in [-0.2, -0.15) is 8.42 Å². The Morgan fingerprint density at radius 3 is 1.85 bits per heavy atom. The first-order valence-electron chi connectivity index (χ1n) is 3.46. The molecule has 1 aromatic rings. The average molecular weight is 213 g/mol. The van der Waals surface area contributed by atoms with Crippen LogP contribution in [0.2, 0.25) is 0 Å². The molecule has 0 aromatic heterocycles. The van der Waals surface area contributed by atoms with E-state index in [2.05, 4.69) is 0 Å². The van der Waals surface area contributed by atoms with Crippen molar-refractivity contribution >= 4 is 33.2 Å². The number of benzene rings is 1. The third-order valence-electron chi connectivity index (χ3n) is 1.67. The first-order chi connectivity index (χ1) is 5.43. The second-order valence-electron chi connectivity index (χ2n) is 2.70. The van der Waals surface area contributed by atoms with Crippen LogP contribution in [0, 0.1) is 13.8 Å². The summed E-state index contributed by atoms with van der Waals surface area (Å²) < 4.78 is 30.5. The summed E-state index contributed by atoms with van der Waals surface area (Å²) >= 11 is 0. The van der Waals surface area contributed by atoms with Crippen molar-refractivity contribution in [2.24, 2.45) is 0 Å². The van der Waals surface area contributed by atoms with Gasteiger partial charge in [0.1, 0.15) is 0 Å². The Morgan fingerprint density at radius 1 is 1.23 bits per heavy atom. The van der Waals surface area contributed by atoms with E-state index in [0.29, 0.717) is 11.1 Å². The minimum absolute atomic E-state index is 0. The normalized spacial score (nSPS) is 10.7. The standard InChI is InChI=1S/C8H10O3S.Mg.2H/c1-6-4-3-5-7(2)8(6)12(9,10)11;;;/h3-5H,1-2H3,(H,9,10,11);;;/q;+2;2*-1. The van der Waals surface area contributed by atoms with Crippen molar-refractivity contribution in [2.45, 2.75) is 18.7 Å². The summed E-state index contributed by atoms with van der Waals surface area (Å²) in [6, 6.07) is 5.05. The predicted molar refractivity (Wildman–Crippen MR) is 53.7 cm³/mol. The molecule has 0 spiro atoms. The SMILES string of the molecule is Cc1cccc(C)c1S(=O)(=O)O.[H-].[H-].[Mg+2]. The van der Waals surface area contributed by atoms with Crippen LogP contribution in [0.1, 0.15) is 14.0 Å². The molecule has 13 heavy (non-hydrogen) atoms. The van der Waals surface area contributed by atoms with E-state index in [1.54, 1.807) is 32.0 Å². The predicted octanol–water partition coefficient (Wildman–Crippen LogP) is 1.39. The Labute approximate surface area is 97.0 Å². The van der Waals surface area contributed by atoms with E-state index in [4.69, 9.17) is 4.55 Å². The van der Waals surface area contributed by atoms with Gasteiger partial charge in [-0.3, -0.25) is 4.55 Å². The van der Waals surface area contributed by atoms with E-state index in [1.165, 1.54) is 0 Å². The van der Waals surface area contributed by atoms with E-state index in [0.717, 1.165) is 0 Å². The van der Waals surface area contributed by atoms with Gasteiger partial charge in [0.05, 0.1) is 4.90 Å². The topological polar surface area (TPSA) is 54.4 Å². The van der Waals surface area contributed by atoms with Gasteiger partial charge in [-0.1, -0.05) is 18.2 Å². The molecule has 0 saturated heterocycles. The minimum atomic E-state index is -4.06. The van der Waals surface area contributed by atoms with Crippen LogP contribution in [-0.4, -0.2) is 36.0 Å². The summed E-state index contributed by atoms with van der Waals surface area (Å²) in [5.41, 5.74) is 1.13. The van der Waals surface area contributed by atoms with Gasteiger partial charge in [0.2, 0.25) is 0 Å². The maximum absolute atomic E-state index is 10.8. The molecule has 0 fully saturated rings. The third-order valence-corrected chi connectivity index (χ3v) is 2.83. The molecule has 0 aliphatic rings. The van der Waals surface area contributed by atoms with Gasteiger partial charge < -0.3 is 2.85 Å². The maximum Gasteiger partial charge on any atom is 2.00 e. The van der Waals surface area contributed by atoms with Gasteiger partial charge in [0.25, 0.3) is 10.1 Å². The summed E-state index contributed by atoms with van der Waals surface area (Å²) in [5.74, 6) is 0. The van der Waals surface area contributed by atoms with Gasteiger partial charge in [-0.25, -0.2) is 0 Å². The van der Waals surface area contributed by atoms with Crippen LogP contribution >= 0.6 is 0 Å². The van der Waals surface area contributed by atoms with Crippen LogP contribution in [0.15, 0.2) is 23.1 Å². The zero-order valence-electron chi connectivity index (χ0n) is 9.61. The van der Waals surface area contributed by atoms with Gasteiger partial charge in [-0.05, 0) is 25.0 Å². The molecule has 0 unspecified atom stereocenters. The van der Waals surface area contributed by atoms with E-state index >= 15 is 0 Å². The molecule has 1 rings (SSSR count). The minimum Gasteiger partial charge on any atom is -1.00 e. The van der Waals surface area contributed by atoms with Crippen LogP contribution in [0.25, 0.3) is 0 Å². The molecule has 0 amide bonds. The van der Waals surface area contributed by atoms with Crippen molar-refractivity contribution in [3.8, 4) is 0 Å². The fourth-order valence-corrected chi connectivity index (χ4v) is 2.16. The molecule has 5 heteroatoms. The summed E-state index contributed by atoms with van der Waals surface area (Å²) in [4.78, 5) is 0.0185. The zero-order chi connectivity index (χ0) is 9.35. The second kappa shape index (κ2) is 4.41. The van der Waals surface area contributed by atoms with Gasteiger partial charge in [-0.15, -0.1) is 0 Å². The quantitative estimate of drug-likeness (QED) is 0.565. The Bertz CT molecular complexity index is 386. The second-order valence-corrected chi connectivity index (χ2v) is 4.05. The van der Waals surface area contributed by atoms with Crippen LogP contribution in [0.3, 0.4) is 0 Å². The molecular weight excluding hydrogens is 200 g/mol. The van der Waals surface area contributed by atoms with Crippen LogP contribution < -0.4 is 0 Å². The third kappa shape index (κ3) is 2.94. The molecule has 1 aromatic carbocycles. The van der Waals surface area contributed by atoms with Crippen molar-refractivity contribution < 1.29 is 15.8 Å². The Balaban J connectivity index is -0.000000480. The smallest absolute Gasteiger partial charge is 1.00 e. The number of aryl methyl sites for hydroxylation is 2. The maximum atomic E-state index is 10.8. The number of hydrogen-bond acceptors (Lipinski definition) is 2. The number of rotatable bonds is 1. The van der Waals surface area contributed by atoms with Crippen LogP contribution in [0.5, 0.6) is 0 Å². The van der Waals surface area contributed by atoms with Crippen LogP contribution in [0.4, 0.5) is 0 Å². The van der Waals surface area contributed by atoms with E-state index < -0.39 is 10.1 Å². The fourth-order valence-electron chi connectivity index (χ4n) is 1.21. The van der Waals surface area contributed by atoms with Crippen molar-refractivity contribution in [2.75, 3.05) is 0 Å². The molecule has 3 nitrogen and oxygen atoms in total. The molecule has 0 radical (unpaired) electrons. The van der Waals surface area contributed by atoms with E-state index in [1.807, 2.05) is 0 Å². The Morgan fingerprint density at radius 2 is 1.62 bits per heavy atom. The summed E-state index contributed by atoms with van der Waals surface area (Å²) in [6.07, 6.45) is 0. The van der Waals surface area contributed by atoms with E-state index in [-0.39, 0.29) is 30.8 Å². The summed E-state index contributed by atoms with van der Waals surface area (Å²) in [6.45, 7) is 3.30. The molecule has 0 saturated carbocycles. The molecular formula is C8H12MgO3S. The zero-order valence-corrected chi connectivity index (χ0v) is 9.84. The largest absolute Gasteiger partial charge is 2.00 e. The summed E-state index contributed by atoms with van der Waals surface area (Å²) in [7, 11) is -4.06. The Kier molecular flexibility index (Phi) is 4.37. The monoisotopic (exact) mass is 212 g/mol. The van der Waals surface area contributed by atoms with Crippen molar-refractivity contribution in [1.82, 2.24) is 0 Å². The van der Waals surface area contributed by atoms with Crippen molar-refractivity contribution in [3.63, 3.8) is 0 Å². The first-order valence-corrected chi connectivity index (χ1v) is 4.90. The van der Waals surface area contributed by atoms with Crippen LogP contribution in [-0.2, 0) is 10.1 Å². The Hall–Kier alpha value is -0.104. The molecule has 0 heterocycles. The molecule has 70 valence electrons. The van der Waals surface area contributed by atoms with Gasteiger partial charge >= 0.3 is 23.1 Å². The average Bonchev–Trinajstić information content (AvgIpc) is 1.82. The molecule has 0 aliphatic heterocycles. The molecule has 0 aliphatic carbocycles. The van der Waals surface area contributed by atoms with E-state index in [9.17, 15) is 8.42 Å². The van der Waals surface area contributed by atoms with Crippen molar-refractivity contribution in [1.29, 1.82) is 0 Å². The summed E-state index contributed by atoms with van der Waals surface area (Å²) in [5, 5.41) is 0. The number of hydrogen-bond donors (Lipinski definition) is 1. The van der Waals surface area contributed by atoms with Gasteiger partial charge in [0, 0.05) is 0 Å². The van der Waals surface area contributed by atoms with Crippen molar-refractivity contribution in [3.05, 3.63) is 29.3 Å². The molecule has 0 bridgehead atoms. The first kappa shape index (κ1) is 12.9. The fraction of sp³-hybridized carbons (Fsp3) is 0.250. The molecule has 1 N–H and O–H groups in total. The van der Waals surface area contributed by atoms with Gasteiger partial charge in [0.15, 0.2) is 0 Å².